The van der Waals surface area contributed by atoms with Crippen LogP contribution in [-0.4, -0.2) is 122 Å². The van der Waals surface area contributed by atoms with E-state index in [-0.39, 0.29) is 90.7 Å². The molecule has 2 heterocycles. The van der Waals surface area contributed by atoms with Crippen LogP contribution in [0.25, 0.3) is 0 Å². The van der Waals surface area contributed by atoms with E-state index in [0.29, 0.717) is 11.1 Å². The maximum atomic E-state index is 14.7. The average Bonchev–Trinajstić information content (AvgIpc) is 3.40. The number of ether oxygens (including phenoxy) is 2. The van der Waals surface area contributed by atoms with E-state index in [1.807, 2.05) is 58.6 Å². The zero-order chi connectivity index (χ0) is 60.0. The highest BCUT2D eigenvalue weighted by molar-refractivity contribution is 7.17. The number of halogens is 4. The number of amides is 6. The number of hydrogen-bond donors (Lipinski definition) is 2. The Hall–Kier alpha value is -7.11. The van der Waals surface area contributed by atoms with Gasteiger partial charge in [-0.05, 0) is 93.1 Å². The number of esters is 2. The first-order valence-electron chi connectivity index (χ1n) is 26.9. The molecule has 2 N–H and O–H groups in total. The molecule has 434 valence electrons. The molecular formula is C60H78F4N7O8P. The molecule has 80 heavy (non-hydrogen) atoms. The quantitative estimate of drug-likeness (QED) is 0.0747. The van der Waals surface area contributed by atoms with Crippen molar-refractivity contribution in [1.82, 2.24) is 25.3 Å². The number of carbonyl (C=O) groups excluding carboxylic acids is 6. The Morgan fingerprint density at radius 2 is 1.04 bits per heavy atom. The van der Waals surface area contributed by atoms with E-state index in [9.17, 15) is 46.3 Å². The van der Waals surface area contributed by atoms with Gasteiger partial charge in [-0.3, -0.25) is 19.4 Å². The second kappa shape index (κ2) is 28.9. The third-order valence-corrected chi connectivity index (χ3v) is 13.8. The van der Waals surface area contributed by atoms with Gasteiger partial charge in [0.25, 0.3) is 11.6 Å². The molecule has 2 aliphatic heterocycles. The monoisotopic (exact) mass is 1130 g/mol. The predicted octanol–water partition coefficient (Wildman–Crippen LogP) is 10.9. The topological polar surface area (TPSA) is 161 Å². The van der Waals surface area contributed by atoms with Gasteiger partial charge in [0.2, 0.25) is 11.8 Å². The first-order valence-corrected chi connectivity index (χ1v) is 27.5. The first-order chi connectivity index (χ1) is 37.8. The van der Waals surface area contributed by atoms with Crippen LogP contribution < -0.4 is 20.4 Å². The number of anilines is 2. The summed E-state index contributed by atoms with van der Waals surface area (Å²) in [4.78, 5) is 91.4. The van der Waals surface area contributed by atoms with E-state index in [0.717, 1.165) is 40.0 Å². The highest BCUT2D eigenvalue weighted by Gasteiger charge is 2.47. The number of nitrogens with zero attached hydrogens (tertiary/aromatic N) is 5. The van der Waals surface area contributed by atoms with Crippen LogP contribution in [-0.2, 0) is 40.2 Å². The SMILES string of the molecule is C=C1C=CC(C2C(C(=O)OCC)=C(C)N(c3cccc(C(F)(F)P)c3)C(=O)N2CC(=O)NCCN(C)CCNC(=O)CN2C(=O)N(c3cccc(C(C)(F)F)c3)C(C)=C(C(=O)OCC)[C@H]2C2=CC(C)C(=C)C=C2)=CC1C.CC.CC. The summed E-state index contributed by atoms with van der Waals surface area (Å²) in [5.41, 5.74) is -1.02. The van der Waals surface area contributed by atoms with E-state index in [4.69, 9.17) is 9.47 Å². The molecule has 2 aliphatic carbocycles. The third-order valence-electron chi connectivity index (χ3n) is 13.5. The fraction of sp³-hybridized carbons (Fsp3) is 0.433. The van der Waals surface area contributed by atoms with Crippen LogP contribution >= 0.6 is 9.24 Å². The standard InChI is InChI=1S/C56H66F4N7O8P.2C2H6/c1-11-74-51(70)47-37(7)66(43-17-13-15-41(29-43)55(9,57)58)53(72)64(49(47)39-21-19-33(3)35(5)27-39)31-45(68)61-23-25-63(10)26-24-62-46(69)32-65-50(40-22-20-34(4)36(6)28-40)48(52(71)75-12-2)38(8)67(54(65)73)44-18-14-16-42(30-44)56(59,60)76;2*1-2/h13-22,27-30,35-36,49-50H,3-4,11-12,23-26,31-32,76H2,1-2,5-10H3,(H,61,68)(H,62,69);2*1-2H3/t35?,36?,49-,50?;;/m1../s1. The highest BCUT2D eigenvalue weighted by Crippen LogP contribution is 2.42. The van der Waals surface area contributed by atoms with Crippen molar-refractivity contribution < 1.29 is 55.8 Å². The van der Waals surface area contributed by atoms with Crippen molar-refractivity contribution in [2.24, 2.45) is 11.8 Å². The van der Waals surface area contributed by atoms with Gasteiger partial charge in [-0.15, -0.1) is 0 Å². The van der Waals surface area contributed by atoms with Crippen LogP contribution in [0.1, 0.15) is 87.3 Å². The fourth-order valence-corrected chi connectivity index (χ4v) is 9.50. The average molecular weight is 1130 g/mol. The van der Waals surface area contributed by atoms with Crippen molar-refractivity contribution in [3.8, 4) is 0 Å². The van der Waals surface area contributed by atoms with Gasteiger partial charge in [-0.25, -0.2) is 28.0 Å². The lowest BCUT2D eigenvalue weighted by atomic mass is 9.85. The summed E-state index contributed by atoms with van der Waals surface area (Å²) >= 11 is 0. The van der Waals surface area contributed by atoms with Gasteiger partial charge in [0.1, 0.15) is 13.1 Å². The minimum absolute atomic E-state index is 0.00552. The zero-order valence-corrected chi connectivity index (χ0v) is 49.2. The smallest absolute Gasteiger partial charge is 0.338 e. The zero-order valence-electron chi connectivity index (χ0n) is 48.1. The van der Waals surface area contributed by atoms with Gasteiger partial charge < -0.3 is 34.8 Å². The number of carbonyl (C=O) groups is 6. The second-order valence-electron chi connectivity index (χ2n) is 19.1. The molecular weight excluding hydrogens is 1050 g/mol. The molecule has 15 nitrogen and oxygen atoms in total. The number of allylic oxidation sites excluding steroid dienone is 8. The van der Waals surface area contributed by atoms with Gasteiger partial charge >= 0.3 is 24.0 Å². The first kappa shape index (κ1) is 65.4. The summed E-state index contributed by atoms with van der Waals surface area (Å²) in [6.45, 7) is 26.5. The van der Waals surface area contributed by atoms with E-state index in [1.165, 1.54) is 69.3 Å². The molecule has 0 spiro atoms. The van der Waals surface area contributed by atoms with E-state index >= 15 is 0 Å². The van der Waals surface area contributed by atoms with Crippen LogP contribution in [0.15, 0.2) is 143 Å². The van der Waals surface area contributed by atoms with E-state index < -0.39 is 78.1 Å². The van der Waals surface area contributed by atoms with E-state index in [2.05, 4.69) is 23.8 Å². The summed E-state index contributed by atoms with van der Waals surface area (Å²) in [7, 11) is 3.21. The van der Waals surface area contributed by atoms with Crippen molar-refractivity contribution in [2.75, 3.05) is 69.3 Å². The highest BCUT2D eigenvalue weighted by atomic mass is 31.0. The van der Waals surface area contributed by atoms with Crippen LogP contribution in [0.2, 0.25) is 0 Å². The number of nitrogens with one attached hydrogen (secondary N) is 2. The molecule has 0 fully saturated rings. The molecule has 2 aromatic rings. The van der Waals surface area contributed by atoms with Gasteiger partial charge in [0, 0.05) is 55.6 Å². The summed E-state index contributed by atoms with van der Waals surface area (Å²) < 4.78 is 69.3. The van der Waals surface area contributed by atoms with Crippen molar-refractivity contribution in [2.45, 2.75) is 99.8 Å². The fourth-order valence-electron chi connectivity index (χ4n) is 9.32. The van der Waals surface area contributed by atoms with Crippen molar-refractivity contribution in [1.29, 1.82) is 0 Å². The molecule has 0 radical (unpaired) electrons. The predicted molar refractivity (Wildman–Crippen MR) is 309 cm³/mol. The summed E-state index contributed by atoms with van der Waals surface area (Å²) in [6.07, 6.45) is 10.6. The Bertz CT molecular complexity index is 2680. The molecule has 0 aromatic heterocycles. The van der Waals surface area contributed by atoms with Crippen LogP contribution in [0.3, 0.4) is 0 Å². The minimum atomic E-state index is -3.34. The lowest BCUT2D eigenvalue weighted by molar-refractivity contribution is -0.140. The molecule has 0 saturated carbocycles. The Balaban J connectivity index is 0.00000337. The lowest BCUT2D eigenvalue weighted by Gasteiger charge is -2.43. The van der Waals surface area contributed by atoms with Crippen LogP contribution in [0, 0.1) is 11.8 Å². The molecule has 6 rings (SSSR count). The maximum Gasteiger partial charge on any atom is 0.338 e. The summed E-state index contributed by atoms with van der Waals surface area (Å²) in [5, 5.41) is 5.65. The van der Waals surface area contributed by atoms with Crippen LogP contribution in [0.4, 0.5) is 38.5 Å². The number of hydrogen-bond acceptors (Lipinski definition) is 9. The van der Waals surface area contributed by atoms with Gasteiger partial charge in [0.05, 0.1) is 47.8 Å². The number of alkyl halides is 4. The molecule has 6 amide bonds. The second-order valence-corrected chi connectivity index (χ2v) is 19.8. The van der Waals surface area contributed by atoms with Gasteiger partial charge in [0.15, 0.2) is 0 Å². The van der Waals surface area contributed by atoms with Crippen molar-refractivity contribution >= 4 is 56.4 Å². The summed E-state index contributed by atoms with van der Waals surface area (Å²) in [6, 6.07) is 6.72. The van der Waals surface area contributed by atoms with Crippen molar-refractivity contribution in [3.63, 3.8) is 0 Å². The molecule has 20 heteroatoms. The minimum Gasteiger partial charge on any atom is -0.463 e. The number of benzene rings is 2. The van der Waals surface area contributed by atoms with Gasteiger partial charge in [-0.2, -0.15) is 8.78 Å². The number of urea groups is 2. The molecule has 2 aromatic carbocycles. The summed E-state index contributed by atoms with van der Waals surface area (Å²) in [5.74, 6) is -6.33. The lowest BCUT2D eigenvalue weighted by Crippen LogP contribution is -2.58. The molecule has 0 bridgehead atoms. The third kappa shape index (κ3) is 15.6. The Morgan fingerprint density at radius 3 is 1.39 bits per heavy atom. The molecule has 5 atom stereocenters. The van der Waals surface area contributed by atoms with Gasteiger partial charge in [-0.1, -0.05) is 125 Å². The Morgan fingerprint density at radius 1 is 0.662 bits per heavy atom. The number of rotatable bonds is 20. The Kier molecular flexibility index (Phi) is 23.6. The maximum absolute atomic E-state index is 14.7. The van der Waals surface area contributed by atoms with E-state index in [1.54, 1.807) is 45.2 Å². The molecule has 4 aliphatic rings. The molecule has 0 saturated heterocycles. The largest absolute Gasteiger partial charge is 0.463 e. The van der Waals surface area contributed by atoms with Crippen molar-refractivity contribution in [3.05, 3.63) is 154 Å². The van der Waals surface area contributed by atoms with Crippen LogP contribution in [0.5, 0.6) is 0 Å². The number of likely N-dealkylation sites (N-methyl/N-ethyl adjacent to an activating group) is 1. The normalized spacial score (nSPS) is 19.5. The molecule has 4 unspecified atom stereocenters. The Labute approximate surface area is 471 Å².